The van der Waals surface area contributed by atoms with Crippen LogP contribution in [0.3, 0.4) is 0 Å². The minimum absolute atomic E-state index is 0.0718. The van der Waals surface area contributed by atoms with E-state index in [0.717, 1.165) is 5.69 Å². The molecule has 3 nitrogen and oxygen atoms in total. The summed E-state index contributed by atoms with van der Waals surface area (Å²) in [6, 6.07) is 9.07. The fourth-order valence-corrected chi connectivity index (χ4v) is 1.21. The highest BCUT2D eigenvalue weighted by Gasteiger charge is 2.31. The van der Waals surface area contributed by atoms with E-state index >= 15 is 0 Å². The second-order valence-corrected chi connectivity index (χ2v) is 5.46. The van der Waals surface area contributed by atoms with Crippen LogP contribution in [0.2, 0.25) is 0 Å². The normalized spacial score (nSPS) is 10.7. The molecule has 1 aromatic rings. The van der Waals surface area contributed by atoms with E-state index < -0.39 is 9.70 Å². The first kappa shape index (κ1) is 13.5. The molecule has 0 aliphatic carbocycles. The van der Waals surface area contributed by atoms with Crippen molar-refractivity contribution in [1.29, 1.82) is 0 Å². The summed E-state index contributed by atoms with van der Waals surface area (Å²) >= 11 is 20.9. The topological polar surface area (TPSA) is 41.1 Å². The molecular weight excluding hydrogens is 291 g/mol. The average molecular weight is 298 g/mol. The predicted octanol–water partition coefficient (Wildman–Crippen LogP) is 2.87. The van der Waals surface area contributed by atoms with Gasteiger partial charge in [0, 0.05) is 5.69 Å². The second kappa shape index (κ2) is 5.68. The van der Waals surface area contributed by atoms with Gasteiger partial charge in [-0.25, -0.2) is 0 Å². The van der Waals surface area contributed by atoms with Crippen LogP contribution in [0.25, 0.3) is 0 Å². The zero-order valence-corrected chi connectivity index (χ0v) is 10.9. The molecule has 0 heterocycles. The van der Waals surface area contributed by atoms with Crippen molar-refractivity contribution in [3.05, 3.63) is 30.3 Å². The van der Waals surface area contributed by atoms with Gasteiger partial charge in [0.05, 0.1) is 0 Å². The number of carbonyl (C=O) groups is 1. The third-order valence-electron chi connectivity index (χ3n) is 1.52. The molecule has 0 aromatic heterocycles. The minimum Gasteiger partial charge on any atom is -0.332 e. The van der Waals surface area contributed by atoms with Gasteiger partial charge in [0.25, 0.3) is 9.70 Å². The fourth-order valence-electron chi connectivity index (χ4n) is 0.858. The number of para-hydroxylation sites is 1. The van der Waals surface area contributed by atoms with Crippen LogP contribution in [0.15, 0.2) is 30.3 Å². The number of carbonyl (C=O) groups excluding carboxylic acids is 1. The Hall–Kier alpha value is -0.550. The molecule has 0 bridgehead atoms. The van der Waals surface area contributed by atoms with E-state index in [1.807, 2.05) is 18.2 Å². The monoisotopic (exact) mass is 296 g/mol. The number of nitrogens with one attached hydrogen (secondary N) is 2. The fraction of sp³-hybridized carbons (Fsp3) is 0.111. The molecular formula is C9H7Cl3N2OS. The zero-order chi connectivity index (χ0) is 12.2. The summed E-state index contributed by atoms with van der Waals surface area (Å²) in [4.78, 5) is 11.2. The molecule has 2 N–H and O–H groups in total. The smallest absolute Gasteiger partial charge is 0.278 e. The van der Waals surface area contributed by atoms with E-state index in [1.165, 1.54) is 0 Å². The van der Waals surface area contributed by atoms with Crippen LogP contribution in [0, 0.1) is 0 Å². The maximum absolute atomic E-state index is 11.2. The molecule has 0 aliphatic rings. The van der Waals surface area contributed by atoms with Crippen LogP contribution in [-0.4, -0.2) is 14.8 Å². The Labute approximate surface area is 113 Å². The lowest BCUT2D eigenvalue weighted by Gasteiger charge is -2.13. The SMILES string of the molecule is O=C(NC(=S)Nc1ccccc1)C(Cl)(Cl)Cl. The molecule has 0 radical (unpaired) electrons. The van der Waals surface area contributed by atoms with E-state index in [1.54, 1.807) is 12.1 Å². The quantitative estimate of drug-likeness (QED) is 0.618. The van der Waals surface area contributed by atoms with Crippen molar-refractivity contribution < 1.29 is 4.79 Å². The Kier molecular flexibility index (Phi) is 4.80. The Morgan fingerprint density at radius 1 is 1.19 bits per heavy atom. The molecule has 1 rings (SSSR count). The first-order valence-electron chi connectivity index (χ1n) is 4.14. The number of amides is 1. The van der Waals surface area contributed by atoms with Crippen LogP contribution in [-0.2, 0) is 4.79 Å². The first-order chi connectivity index (χ1) is 7.39. The van der Waals surface area contributed by atoms with E-state index in [0.29, 0.717) is 0 Å². The Bertz CT molecular complexity index is 391. The summed E-state index contributed by atoms with van der Waals surface area (Å²) in [6.45, 7) is 0. The molecule has 86 valence electrons. The highest BCUT2D eigenvalue weighted by molar-refractivity contribution is 7.80. The summed E-state index contributed by atoms with van der Waals surface area (Å²) in [5, 5.41) is 5.09. The van der Waals surface area contributed by atoms with Gasteiger partial charge in [0.15, 0.2) is 5.11 Å². The molecule has 0 spiro atoms. The van der Waals surface area contributed by atoms with E-state index in [-0.39, 0.29) is 5.11 Å². The van der Waals surface area contributed by atoms with Crippen molar-refractivity contribution in [2.45, 2.75) is 3.79 Å². The molecule has 0 atom stereocenters. The third-order valence-corrected chi connectivity index (χ3v) is 2.24. The molecule has 0 aliphatic heterocycles. The Morgan fingerprint density at radius 2 is 1.75 bits per heavy atom. The highest BCUT2D eigenvalue weighted by atomic mass is 35.6. The number of benzene rings is 1. The van der Waals surface area contributed by atoms with Crippen LogP contribution in [0.4, 0.5) is 5.69 Å². The van der Waals surface area contributed by atoms with Crippen LogP contribution >= 0.6 is 47.0 Å². The maximum atomic E-state index is 11.2. The van der Waals surface area contributed by atoms with Crippen LogP contribution < -0.4 is 10.6 Å². The number of thiocarbonyl (C=S) groups is 1. The molecule has 0 unspecified atom stereocenters. The van der Waals surface area contributed by atoms with Gasteiger partial charge < -0.3 is 5.32 Å². The van der Waals surface area contributed by atoms with E-state index in [2.05, 4.69) is 10.6 Å². The van der Waals surface area contributed by atoms with Crippen molar-refractivity contribution in [3.8, 4) is 0 Å². The van der Waals surface area contributed by atoms with Gasteiger partial charge in [0.1, 0.15) is 0 Å². The molecule has 0 saturated heterocycles. The van der Waals surface area contributed by atoms with Gasteiger partial charge in [-0.3, -0.25) is 10.1 Å². The summed E-state index contributed by atoms with van der Waals surface area (Å²) in [5.74, 6) is -0.800. The number of alkyl halides is 3. The number of anilines is 1. The van der Waals surface area contributed by atoms with Crippen LogP contribution in [0.1, 0.15) is 0 Å². The van der Waals surface area contributed by atoms with E-state index in [4.69, 9.17) is 47.0 Å². The number of rotatable bonds is 1. The number of halogens is 3. The lowest BCUT2D eigenvalue weighted by atomic mass is 10.3. The summed E-state index contributed by atoms with van der Waals surface area (Å²) in [6.07, 6.45) is 0. The van der Waals surface area contributed by atoms with Gasteiger partial charge >= 0.3 is 0 Å². The average Bonchev–Trinajstić information content (AvgIpc) is 2.17. The summed E-state index contributed by atoms with van der Waals surface area (Å²) < 4.78 is -2.03. The largest absolute Gasteiger partial charge is 0.332 e. The zero-order valence-electron chi connectivity index (χ0n) is 7.84. The van der Waals surface area contributed by atoms with Crippen molar-refractivity contribution >= 4 is 63.7 Å². The molecule has 1 aromatic carbocycles. The van der Waals surface area contributed by atoms with Gasteiger partial charge in [0.2, 0.25) is 0 Å². The number of hydrogen-bond donors (Lipinski definition) is 2. The molecule has 7 heteroatoms. The molecule has 16 heavy (non-hydrogen) atoms. The lowest BCUT2D eigenvalue weighted by Crippen LogP contribution is -2.41. The van der Waals surface area contributed by atoms with Gasteiger partial charge in [-0.2, -0.15) is 0 Å². The maximum Gasteiger partial charge on any atom is 0.278 e. The molecule has 0 fully saturated rings. The third kappa shape index (κ3) is 4.53. The summed E-state index contributed by atoms with van der Waals surface area (Å²) in [5.41, 5.74) is 0.733. The van der Waals surface area contributed by atoms with Crippen molar-refractivity contribution in [3.63, 3.8) is 0 Å². The van der Waals surface area contributed by atoms with Gasteiger partial charge in [-0.1, -0.05) is 53.0 Å². The molecule has 1 amide bonds. The van der Waals surface area contributed by atoms with Crippen molar-refractivity contribution in [2.75, 3.05) is 5.32 Å². The van der Waals surface area contributed by atoms with Crippen molar-refractivity contribution in [2.24, 2.45) is 0 Å². The minimum atomic E-state index is -2.03. The summed E-state index contributed by atoms with van der Waals surface area (Å²) in [7, 11) is 0. The molecule has 0 saturated carbocycles. The Morgan fingerprint density at radius 3 is 2.25 bits per heavy atom. The second-order valence-electron chi connectivity index (χ2n) is 2.77. The van der Waals surface area contributed by atoms with Crippen molar-refractivity contribution in [1.82, 2.24) is 5.32 Å². The lowest BCUT2D eigenvalue weighted by molar-refractivity contribution is -0.118. The van der Waals surface area contributed by atoms with Gasteiger partial charge in [-0.15, -0.1) is 0 Å². The van der Waals surface area contributed by atoms with Gasteiger partial charge in [-0.05, 0) is 24.4 Å². The van der Waals surface area contributed by atoms with E-state index in [9.17, 15) is 4.79 Å². The highest BCUT2D eigenvalue weighted by Crippen LogP contribution is 2.25. The standard InChI is InChI=1S/C9H7Cl3N2OS/c10-9(11,12)7(15)14-8(16)13-6-4-2-1-3-5-6/h1-5H,(H2,13,14,15,16). The Balaban J connectivity index is 2.52. The first-order valence-corrected chi connectivity index (χ1v) is 5.68. The number of hydrogen-bond acceptors (Lipinski definition) is 2. The predicted molar refractivity (Wildman–Crippen MR) is 71.1 cm³/mol. The van der Waals surface area contributed by atoms with Crippen LogP contribution in [0.5, 0.6) is 0 Å².